The Bertz CT molecular complexity index is 1850. The van der Waals surface area contributed by atoms with Crippen LogP contribution in [-0.4, -0.2) is 4.98 Å². The minimum absolute atomic E-state index is 1.18. The van der Waals surface area contributed by atoms with Crippen LogP contribution in [-0.2, 0) is 0 Å². The maximum absolute atomic E-state index is 4.56. The van der Waals surface area contributed by atoms with Crippen molar-refractivity contribution in [1.82, 2.24) is 4.98 Å². The first-order valence-electron chi connectivity index (χ1n) is 12.5. The quantitative estimate of drug-likeness (QED) is 0.228. The average Bonchev–Trinajstić information content (AvgIpc) is 2.97. The molecule has 1 nitrogen and oxygen atoms in total. The van der Waals surface area contributed by atoms with E-state index in [2.05, 4.69) is 132 Å². The third-order valence-corrected chi connectivity index (χ3v) is 8.11. The molecule has 1 heterocycles. The van der Waals surface area contributed by atoms with Gasteiger partial charge in [-0.3, -0.25) is 4.98 Å². The average molecular weight is 490 g/mol. The summed E-state index contributed by atoms with van der Waals surface area (Å²) in [5, 5.41) is 7.42. The normalized spacial score (nSPS) is 11.4. The standard InChI is InChI=1S/C35H23NS/c1-2-9-24(10-3-1)27-13-8-14-29(22-27)37-35-31-16-7-6-15-30(31)34(33-23-36-20-19-32(33)35)28-18-17-25-11-4-5-12-26(25)21-28/h1-23H. The second-order valence-electron chi connectivity index (χ2n) is 9.23. The van der Waals surface area contributed by atoms with E-state index < -0.39 is 0 Å². The fourth-order valence-corrected chi connectivity index (χ4v) is 6.38. The third-order valence-electron chi connectivity index (χ3n) is 6.98. The van der Waals surface area contributed by atoms with Crippen molar-refractivity contribution in [3.8, 4) is 22.3 Å². The number of hydrogen-bond acceptors (Lipinski definition) is 2. The molecule has 0 spiro atoms. The smallest absolute Gasteiger partial charge is 0.0353 e. The molecule has 1 aromatic heterocycles. The van der Waals surface area contributed by atoms with Gasteiger partial charge in [0.05, 0.1) is 0 Å². The summed E-state index contributed by atoms with van der Waals surface area (Å²) in [6.45, 7) is 0. The van der Waals surface area contributed by atoms with Crippen LogP contribution < -0.4 is 0 Å². The number of rotatable bonds is 4. The van der Waals surface area contributed by atoms with Gasteiger partial charge in [0.1, 0.15) is 0 Å². The van der Waals surface area contributed by atoms with Crippen molar-refractivity contribution in [2.75, 3.05) is 0 Å². The SMILES string of the molecule is c1ccc(-c2cccc(Sc3c4ccccc4c(-c4ccc5ccccc5c4)c4cnccc34)c2)cc1. The summed E-state index contributed by atoms with van der Waals surface area (Å²) in [4.78, 5) is 7.05. The lowest BCUT2D eigenvalue weighted by molar-refractivity contribution is 1.36. The molecule has 7 rings (SSSR count). The third kappa shape index (κ3) is 3.96. The molecular weight excluding hydrogens is 466 g/mol. The van der Waals surface area contributed by atoms with E-state index in [0.717, 1.165) is 0 Å². The summed E-state index contributed by atoms with van der Waals surface area (Å²) in [7, 11) is 0. The van der Waals surface area contributed by atoms with Crippen molar-refractivity contribution in [2.45, 2.75) is 9.79 Å². The number of aromatic nitrogens is 1. The second kappa shape index (κ2) is 9.24. The van der Waals surface area contributed by atoms with Gasteiger partial charge in [-0.25, -0.2) is 0 Å². The zero-order valence-corrected chi connectivity index (χ0v) is 21.0. The van der Waals surface area contributed by atoms with Crippen LogP contribution in [0.3, 0.4) is 0 Å². The Labute approximate surface area is 220 Å². The van der Waals surface area contributed by atoms with Crippen molar-refractivity contribution >= 4 is 44.1 Å². The molecule has 0 aliphatic carbocycles. The molecule has 37 heavy (non-hydrogen) atoms. The molecular formula is C35H23NS. The van der Waals surface area contributed by atoms with Gasteiger partial charge in [0.2, 0.25) is 0 Å². The van der Waals surface area contributed by atoms with E-state index in [-0.39, 0.29) is 0 Å². The molecule has 174 valence electrons. The Kier molecular flexibility index (Phi) is 5.45. The van der Waals surface area contributed by atoms with E-state index in [1.165, 1.54) is 64.4 Å². The summed E-state index contributed by atoms with van der Waals surface area (Å²) in [5.41, 5.74) is 4.92. The molecule has 7 aromatic rings. The number of pyridine rings is 1. The van der Waals surface area contributed by atoms with Crippen LogP contribution in [0, 0.1) is 0 Å². The van der Waals surface area contributed by atoms with Gasteiger partial charge in [0.25, 0.3) is 0 Å². The lowest BCUT2D eigenvalue weighted by Crippen LogP contribution is -1.90. The highest BCUT2D eigenvalue weighted by Crippen LogP contribution is 2.45. The molecule has 0 saturated carbocycles. The highest BCUT2D eigenvalue weighted by molar-refractivity contribution is 7.99. The molecule has 0 fully saturated rings. The zero-order valence-electron chi connectivity index (χ0n) is 20.1. The van der Waals surface area contributed by atoms with Crippen molar-refractivity contribution in [1.29, 1.82) is 0 Å². The first kappa shape index (κ1) is 21.8. The molecule has 2 heteroatoms. The molecule has 0 saturated heterocycles. The van der Waals surface area contributed by atoms with Gasteiger partial charge < -0.3 is 0 Å². The molecule has 0 amide bonds. The maximum Gasteiger partial charge on any atom is 0.0353 e. The summed E-state index contributed by atoms with van der Waals surface area (Å²) in [6.07, 6.45) is 3.93. The minimum atomic E-state index is 1.18. The number of hydrogen-bond donors (Lipinski definition) is 0. The Hall–Kier alpha value is -4.40. The van der Waals surface area contributed by atoms with E-state index >= 15 is 0 Å². The van der Waals surface area contributed by atoms with Crippen molar-refractivity contribution < 1.29 is 0 Å². The number of nitrogens with zero attached hydrogens (tertiary/aromatic N) is 1. The lowest BCUT2D eigenvalue weighted by atomic mass is 9.92. The largest absolute Gasteiger partial charge is 0.264 e. The topological polar surface area (TPSA) is 12.9 Å². The van der Waals surface area contributed by atoms with Crippen LogP contribution in [0.2, 0.25) is 0 Å². The predicted molar refractivity (Wildman–Crippen MR) is 158 cm³/mol. The Morgan fingerprint density at radius 2 is 1.19 bits per heavy atom. The minimum Gasteiger partial charge on any atom is -0.264 e. The first-order valence-corrected chi connectivity index (χ1v) is 13.3. The van der Waals surface area contributed by atoms with E-state index in [0.29, 0.717) is 0 Å². The highest BCUT2D eigenvalue weighted by atomic mass is 32.2. The molecule has 0 aliphatic rings. The predicted octanol–water partition coefficient (Wildman–Crippen LogP) is 10.0. The second-order valence-corrected chi connectivity index (χ2v) is 10.3. The first-order chi connectivity index (χ1) is 18.3. The van der Waals surface area contributed by atoms with Crippen LogP contribution in [0.4, 0.5) is 0 Å². The van der Waals surface area contributed by atoms with Crippen LogP contribution in [0.15, 0.2) is 150 Å². The maximum atomic E-state index is 4.56. The van der Waals surface area contributed by atoms with Gasteiger partial charge >= 0.3 is 0 Å². The Morgan fingerprint density at radius 3 is 2.08 bits per heavy atom. The fraction of sp³-hybridized carbons (Fsp3) is 0. The van der Waals surface area contributed by atoms with Crippen molar-refractivity contribution in [2.24, 2.45) is 0 Å². The van der Waals surface area contributed by atoms with Crippen molar-refractivity contribution in [3.05, 3.63) is 140 Å². The zero-order chi connectivity index (χ0) is 24.6. The molecule has 0 atom stereocenters. The molecule has 0 aliphatic heterocycles. The van der Waals surface area contributed by atoms with Gasteiger partial charge in [-0.2, -0.15) is 0 Å². The molecule has 0 unspecified atom stereocenters. The number of benzene rings is 6. The van der Waals surface area contributed by atoms with Crippen molar-refractivity contribution in [3.63, 3.8) is 0 Å². The van der Waals surface area contributed by atoms with Gasteiger partial charge in [-0.1, -0.05) is 115 Å². The van der Waals surface area contributed by atoms with E-state index in [1.807, 2.05) is 24.2 Å². The molecule has 6 aromatic carbocycles. The van der Waals surface area contributed by atoms with E-state index in [9.17, 15) is 0 Å². The van der Waals surface area contributed by atoms with Gasteiger partial charge in [0.15, 0.2) is 0 Å². The fourth-order valence-electron chi connectivity index (χ4n) is 5.23. The van der Waals surface area contributed by atoms with Gasteiger partial charge in [-0.15, -0.1) is 0 Å². The monoisotopic (exact) mass is 489 g/mol. The highest BCUT2D eigenvalue weighted by Gasteiger charge is 2.17. The number of fused-ring (bicyclic) bond motifs is 3. The van der Waals surface area contributed by atoms with Crippen LogP contribution >= 0.6 is 11.8 Å². The Balaban J connectivity index is 1.45. The summed E-state index contributed by atoms with van der Waals surface area (Å²) < 4.78 is 0. The van der Waals surface area contributed by atoms with Crippen LogP contribution in [0.25, 0.3) is 54.6 Å². The summed E-state index contributed by atoms with van der Waals surface area (Å²) >= 11 is 1.83. The molecule has 0 radical (unpaired) electrons. The lowest BCUT2D eigenvalue weighted by Gasteiger charge is -2.17. The van der Waals surface area contributed by atoms with Gasteiger partial charge in [0, 0.05) is 27.6 Å². The Morgan fingerprint density at radius 1 is 0.459 bits per heavy atom. The van der Waals surface area contributed by atoms with E-state index in [4.69, 9.17) is 0 Å². The summed E-state index contributed by atoms with van der Waals surface area (Å²) in [5.74, 6) is 0. The van der Waals surface area contributed by atoms with Crippen LogP contribution in [0.1, 0.15) is 0 Å². The molecule has 0 N–H and O–H groups in total. The summed E-state index contributed by atoms with van der Waals surface area (Å²) in [6, 6.07) is 45.7. The van der Waals surface area contributed by atoms with Gasteiger partial charge in [-0.05, 0) is 73.5 Å². The van der Waals surface area contributed by atoms with Crippen LogP contribution in [0.5, 0.6) is 0 Å². The molecule has 0 bridgehead atoms. The van der Waals surface area contributed by atoms with E-state index in [1.54, 1.807) is 0 Å².